The van der Waals surface area contributed by atoms with Crippen LogP contribution < -0.4 is 5.56 Å². The molecular formula is C16H16N2O2. The third kappa shape index (κ3) is 2.29. The van der Waals surface area contributed by atoms with Crippen molar-refractivity contribution in [3.05, 3.63) is 51.3 Å². The molecule has 1 aliphatic rings. The van der Waals surface area contributed by atoms with E-state index in [2.05, 4.69) is 22.3 Å². The SMILES string of the molecule is CC(=O)c1cc(-c2ccc3c(c2)CCCC3)n[nH]c1=O. The van der Waals surface area contributed by atoms with Gasteiger partial charge >= 0.3 is 0 Å². The van der Waals surface area contributed by atoms with Crippen LogP contribution in [0.5, 0.6) is 0 Å². The molecule has 0 radical (unpaired) electrons. The molecule has 0 spiro atoms. The summed E-state index contributed by atoms with van der Waals surface area (Å²) < 4.78 is 0. The zero-order chi connectivity index (χ0) is 14.1. The number of aromatic amines is 1. The van der Waals surface area contributed by atoms with E-state index in [0.29, 0.717) is 5.69 Å². The molecule has 4 heteroatoms. The zero-order valence-corrected chi connectivity index (χ0v) is 11.4. The van der Waals surface area contributed by atoms with Crippen molar-refractivity contribution in [3.63, 3.8) is 0 Å². The Morgan fingerprint density at radius 2 is 1.90 bits per heavy atom. The Bertz CT molecular complexity index is 731. The predicted molar refractivity (Wildman–Crippen MR) is 76.9 cm³/mol. The molecule has 1 aromatic carbocycles. The van der Waals surface area contributed by atoms with E-state index in [0.717, 1.165) is 18.4 Å². The van der Waals surface area contributed by atoms with Gasteiger partial charge in [0.25, 0.3) is 5.56 Å². The van der Waals surface area contributed by atoms with E-state index in [1.165, 1.54) is 30.9 Å². The predicted octanol–water partition coefficient (Wildman–Crippen LogP) is 2.52. The summed E-state index contributed by atoms with van der Waals surface area (Å²) in [4.78, 5) is 23.0. The first-order valence-corrected chi connectivity index (χ1v) is 6.88. The number of aryl methyl sites for hydroxylation is 2. The van der Waals surface area contributed by atoms with Gasteiger partial charge in [-0.25, -0.2) is 5.10 Å². The average molecular weight is 268 g/mol. The highest BCUT2D eigenvalue weighted by atomic mass is 16.1. The minimum atomic E-state index is -0.431. The number of Topliss-reactive ketones (excluding diaryl/α,β-unsaturated/α-hetero) is 1. The third-order valence-electron chi connectivity index (χ3n) is 3.83. The number of nitrogens with zero attached hydrogens (tertiary/aromatic N) is 1. The second-order valence-electron chi connectivity index (χ2n) is 5.24. The Morgan fingerprint density at radius 1 is 1.15 bits per heavy atom. The van der Waals surface area contributed by atoms with Crippen molar-refractivity contribution in [3.8, 4) is 11.3 Å². The van der Waals surface area contributed by atoms with Crippen LogP contribution in [0.2, 0.25) is 0 Å². The standard InChI is InChI=1S/C16H16N2O2/c1-10(19)14-9-15(17-18-16(14)20)13-7-6-11-4-2-3-5-12(11)8-13/h6-9H,2-5H2,1H3,(H,18,20). The van der Waals surface area contributed by atoms with Crippen LogP contribution in [0.1, 0.15) is 41.3 Å². The van der Waals surface area contributed by atoms with Crippen molar-refractivity contribution in [1.82, 2.24) is 10.2 Å². The van der Waals surface area contributed by atoms with Gasteiger partial charge in [0.1, 0.15) is 0 Å². The number of benzene rings is 1. The molecule has 4 nitrogen and oxygen atoms in total. The van der Waals surface area contributed by atoms with E-state index in [4.69, 9.17) is 0 Å². The van der Waals surface area contributed by atoms with Crippen molar-refractivity contribution in [2.24, 2.45) is 0 Å². The van der Waals surface area contributed by atoms with Crippen LogP contribution in [0.4, 0.5) is 0 Å². The first-order valence-electron chi connectivity index (χ1n) is 6.88. The van der Waals surface area contributed by atoms with Gasteiger partial charge < -0.3 is 0 Å². The van der Waals surface area contributed by atoms with Crippen molar-refractivity contribution >= 4 is 5.78 Å². The van der Waals surface area contributed by atoms with Crippen LogP contribution in [0.15, 0.2) is 29.1 Å². The highest BCUT2D eigenvalue weighted by Crippen LogP contribution is 2.26. The number of rotatable bonds is 2. The molecule has 1 aliphatic carbocycles. The molecule has 102 valence electrons. The van der Waals surface area contributed by atoms with Gasteiger partial charge in [-0.15, -0.1) is 0 Å². The van der Waals surface area contributed by atoms with E-state index in [9.17, 15) is 9.59 Å². The fourth-order valence-electron chi connectivity index (χ4n) is 2.71. The second-order valence-corrected chi connectivity index (χ2v) is 5.24. The highest BCUT2D eigenvalue weighted by molar-refractivity contribution is 5.94. The van der Waals surface area contributed by atoms with Gasteiger partial charge in [0.2, 0.25) is 0 Å². The minimum Gasteiger partial charge on any atom is -0.294 e. The Morgan fingerprint density at radius 3 is 2.65 bits per heavy atom. The van der Waals surface area contributed by atoms with Crippen LogP contribution in [0.25, 0.3) is 11.3 Å². The quantitative estimate of drug-likeness (QED) is 0.851. The number of hydrogen-bond acceptors (Lipinski definition) is 3. The lowest BCUT2D eigenvalue weighted by atomic mass is 9.90. The summed E-state index contributed by atoms with van der Waals surface area (Å²) in [5.41, 5.74) is 4.07. The van der Waals surface area contributed by atoms with Gasteiger partial charge in [-0.1, -0.05) is 12.1 Å². The first kappa shape index (κ1) is 12.8. The number of ketones is 1. The molecule has 0 atom stereocenters. The minimum absolute atomic E-state index is 0.160. The summed E-state index contributed by atoms with van der Waals surface area (Å²) in [7, 11) is 0. The average Bonchev–Trinajstić information content (AvgIpc) is 2.47. The molecule has 0 unspecified atom stereocenters. The Balaban J connectivity index is 2.07. The second kappa shape index (κ2) is 5.04. The van der Waals surface area contributed by atoms with Crippen LogP contribution >= 0.6 is 0 Å². The molecule has 0 saturated carbocycles. The summed E-state index contributed by atoms with van der Waals surface area (Å²) >= 11 is 0. The molecule has 0 bridgehead atoms. The fourth-order valence-corrected chi connectivity index (χ4v) is 2.71. The maximum atomic E-state index is 11.5. The van der Waals surface area contributed by atoms with Gasteiger partial charge in [0.05, 0.1) is 11.3 Å². The van der Waals surface area contributed by atoms with Crippen LogP contribution in [0.3, 0.4) is 0 Å². The summed E-state index contributed by atoms with van der Waals surface area (Å²) in [5, 5.41) is 6.45. The van der Waals surface area contributed by atoms with E-state index in [1.54, 1.807) is 6.07 Å². The summed E-state index contributed by atoms with van der Waals surface area (Å²) in [6.45, 7) is 1.39. The molecule has 1 aromatic heterocycles. The van der Waals surface area contributed by atoms with Crippen LogP contribution in [-0.4, -0.2) is 16.0 Å². The maximum Gasteiger partial charge on any atom is 0.275 e. The van der Waals surface area contributed by atoms with Gasteiger partial charge in [0.15, 0.2) is 5.78 Å². The highest BCUT2D eigenvalue weighted by Gasteiger charge is 2.13. The Hall–Kier alpha value is -2.23. The number of hydrogen-bond donors (Lipinski definition) is 1. The molecular weight excluding hydrogens is 252 g/mol. The lowest BCUT2D eigenvalue weighted by Gasteiger charge is -2.16. The fraction of sp³-hybridized carbons (Fsp3) is 0.312. The normalized spacial score (nSPS) is 13.8. The molecule has 3 rings (SSSR count). The number of carbonyl (C=O) groups excluding carboxylic acids is 1. The van der Waals surface area contributed by atoms with Gasteiger partial charge in [0, 0.05) is 5.56 Å². The summed E-state index contributed by atoms with van der Waals surface area (Å²) in [6, 6.07) is 7.84. The Labute approximate surface area is 116 Å². The Kier molecular flexibility index (Phi) is 3.22. The van der Waals surface area contributed by atoms with E-state index >= 15 is 0 Å². The lowest BCUT2D eigenvalue weighted by Crippen LogP contribution is -2.17. The van der Waals surface area contributed by atoms with Gasteiger partial charge in [-0.05, 0) is 55.9 Å². The van der Waals surface area contributed by atoms with Crippen molar-refractivity contribution in [2.45, 2.75) is 32.6 Å². The first-order chi connectivity index (χ1) is 9.65. The van der Waals surface area contributed by atoms with Crippen molar-refractivity contribution in [1.29, 1.82) is 0 Å². The van der Waals surface area contributed by atoms with Crippen LogP contribution in [0, 0.1) is 0 Å². The molecule has 0 aliphatic heterocycles. The van der Waals surface area contributed by atoms with Crippen molar-refractivity contribution < 1.29 is 4.79 Å². The molecule has 2 aromatic rings. The molecule has 1 heterocycles. The van der Waals surface area contributed by atoms with E-state index in [-0.39, 0.29) is 11.3 Å². The summed E-state index contributed by atoms with van der Waals surface area (Å²) in [6.07, 6.45) is 4.69. The van der Waals surface area contributed by atoms with Crippen LogP contribution in [-0.2, 0) is 12.8 Å². The smallest absolute Gasteiger partial charge is 0.275 e. The molecule has 20 heavy (non-hydrogen) atoms. The van der Waals surface area contributed by atoms with E-state index < -0.39 is 5.56 Å². The third-order valence-corrected chi connectivity index (χ3v) is 3.83. The van der Waals surface area contributed by atoms with Gasteiger partial charge in [-0.2, -0.15) is 5.10 Å². The molecule has 1 N–H and O–H groups in total. The molecule has 0 fully saturated rings. The summed E-state index contributed by atoms with van der Waals surface area (Å²) in [5.74, 6) is -0.243. The number of nitrogens with one attached hydrogen (secondary N) is 1. The number of carbonyl (C=O) groups is 1. The zero-order valence-electron chi connectivity index (χ0n) is 11.4. The lowest BCUT2D eigenvalue weighted by molar-refractivity contribution is 0.101. The van der Waals surface area contributed by atoms with Crippen molar-refractivity contribution in [2.75, 3.05) is 0 Å². The molecule has 0 amide bonds. The van der Waals surface area contributed by atoms with Gasteiger partial charge in [-0.3, -0.25) is 9.59 Å². The number of fused-ring (bicyclic) bond motifs is 1. The number of aromatic nitrogens is 2. The largest absolute Gasteiger partial charge is 0.294 e. The van der Waals surface area contributed by atoms with E-state index in [1.807, 2.05) is 6.07 Å². The molecule has 0 saturated heterocycles. The number of H-pyrrole nitrogens is 1. The monoisotopic (exact) mass is 268 g/mol. The topological polar surface area (TPSA) is 62.8 Å². The maximum absolute atomic E-state index is 11.5.